The van der Waals surface area contributed by atoms with Crippen molar-refractivity contribution in [2.75, 3.05) is 6.54 Å². The summed E-state index contributed by atoms with van der Waals surface area (Å²) in [6.07, 6.45) is 3.60. The summed E-state index contributed by atoms with van der Waals surface area (Å²) in [6, 6.07) is 0. The molecule has 0 aromatic rings. The van der Waals surface area contributed by atoms with Crippen LogP contribution >= 0.6 is 28.9 Å². The molecule has 62 valence electrons. The number of nitrogens with zero attached hydrogens (tertiary/aromatic N) is 1. The van der Waals surface area contributed by atoms with Gasteiger partial charge in [0.15, 0.2) is 0 Å². The first-order chi connectivity index (χ1) is 4.77. The molecule has 0 N–H and O–H groups in total. The van der Waals surface area contributed by atoms with E-state index in [-0.39, 0.29) is 0 Å². The number of rotatable bonds is 5. The zero-order valence-corrected chi connectivity index (χ0v) is 8.75. The van der Waals surface area contributed by atoms with Crippen molar-refractivity contribution < 1.29 is 0 Å². The molecule has 0 radical (unpaired) electrons. The summed E-state index contributed by atoms with van der Waals surface area (Å²) >= 11 is 11.0. The number of halogens is 2. The zero-order valence-electron chi connectivity index (χ0n) is 6.24. The van der Waals surface area contributed by atoms with Crippen LogP contribution in [0.15, 0.2) is 4.74 Å². The first-order valence-electron chi connectivity index (χ1n) is 3.62. The molecule has 0 amide bonds. The van der Waals surface area contributed by atoms with Crippen molar-refractivity contribution in [3.63, 3.8) is 0 Å². The molecule has 0 aromatic heterocycles. The van der Waals surface area contributed by atoms with Gasteiger partial charge in [-0.1, -0.05) is 48.7 Å². The fourth-order valence-corrected chi connectivity index (χ4v) is 1.54. The Hall–Kier alpha value is 0.810. The average molecular weight is 202 g/mol. The standard InChI is InChI=1S/C6H14Cl2NP/c1-2-3-4-5-6-9-10(7)8/h10H,2-6H2,1H3. The Kier molecular flexibility index (Phi) is 8.55. The largest absolute Gasteiger partial charge is 0.276 e. The quantitative estimate of drug-likeness (QED) is 0.466. The van der Waals surface area contributed by atoms with Crippen LogP contribution in [-0.4, -0.2) is 6.54 Å². The first-order valence-corrected chi connectivity index (χ1v) is 7.10. The van der Waals surface area contributed by atoms with Crippen LogP contribution in [0.5, 0.6) is 0 Å². The topological polar surface area (TPSA) is 12.4 Å². The summed E-state index contributed by atoms with van der Waals surface area (Å²) in [5.41, 5.74) is 0. The Bertz CT molecular complexity index is 102. The van der Waals surface area contributed by atoms with Gasteiger partial charge in [-0.2, -0.15) is 0 Å². The molecule has 0 unspecified atom stereocenters. The second-order valence-corrected chi connectivity index (χ2v) is 5.71. The van der Waals surface area contributed by atoms with Crippen molar-refractivity contribution in [1.29, 1.82) is 0 Å². The maximum absolute atomic E-state index is 5.49. The lowest BCUT2D eigenvalue weighted by molar-refractivity contribution is 0.677. The third kappa shape index (κ3) is 8.81. The monoisotopic (exact) mass is 201 g/mol. The van der Waals surface area contributed by atoms with E-state index in [2.05, 4.69) is 11.7 Å². The molecular formula is C6H14Cl2NP. The lowest BCUT2D eigenvalue weighted by Gasteiger charge is -1.93. The van der Waals surface area contributed by atoms with Crippen molar-refractivity contribution in [1.82, 2.24) is 0 Å². The van der Waals surface area contributed by atoms with E-state index >= 15 is 0 Å². The van der Waals surface area contributed by atoms with Gasteiger partial charge in [-0.05, 0) is 6.42 Å². The predicted octanol–water partition coefficient (Wildman–Crippen LogP) is 4.27. The van der Waals surface area contributed by atoms with E-state index in [0.717, 1.165) is 13.0 Å². The Labute approximate surface area is 73.2 Å². The van der Waals surface area contributed by atoms with Gasteiger partial charge in [-0.15, -0.1) is 0 Å². The highest BCUT2D eigenvalue weighted by Crippen LogP contribution is 2.36. The number of hydrogen-bond acceptors (Lipinski definition) is 1. The fraction of sp³-hybridized carbons (Fsp3) is 1.00. The molecule has 0 aliphatic rings. The maximum Gasteiger partial charge on any atom is 0.125 e. The van der Waals surface area contributed by atoms with Gasteiger partial charge in [0.05, 0.1) is 0 Å². The van der Waals surface area contributed by atoms with Crippen LogP contribution in [0.2, 0.25) is 0 Å². The van der Waals surface area contributed by atoms with E-state index in [1.54, 1.807) is 0 Å². The predicted molar refractivity (Wildman–Crippen MR) is 51.5 cm³/mol. The van der Waals surface area contributed by atoms with Crippen LogP contribution in [0.25, 0.3) is 0 Å². The average Bonchev–Trinajstić information content (AvgIpc) is 1.87. The summed E-state index contributed by atoms with van der Waals surface area (Å²) in [6.45, 7) is 3.04. The third-order valence-corrected chi connectivity index (χ3v) is 2.42. The highest BCUT2D eigenvalue weighted by atomic mass is 35.9. The third-order valence-electron chi connectivity index (χ3n) is 1.24. The second kappa shape index (κ2) is 7.91. The Morgan fingerprint density at radius 1 is 1.20 bits per heavy atom. The van der Waals surface area contributed by atoms with Gasteiger partial charge < -0.3 is 0 Å². The molecule has 0 rings (SSSR count). The smallest absolute Gasteiger partial charge is 0.125 e. The summed E-state index contributed by atoms with van der Waals surface area (Å²) < 4.78 is 4.03. The minimum atomic E-state index is -1.35. The number of unbranched alkanes of at least 4 members (excludes halogenated alkanes) is 3. The molecule has 4 heteroatoms. The van der Waals surface area contributed by atoms with E-state index in [1.165, 1.54) is 19.3 Å². The van der Waals surface area contributed by atoms with Gasteiger partial charge in [0.2, 0.25) is 0 Å². The van der Waals surface area contributed by atoms with Gasteiger partial charge in [-0.3, -0.25) is 4.74 Å². The van der Waals surface area contributed by atoms with E-state index in [1.807, 2.05) is 0 Å². The van der Waals surface area contributed by atoms with Crippen LogP contribution in [0.1, 0.15) is 32.6 Å². The highest BCUT2D eigenvalue weighted by molar-refractivity contribution is 7.96. The van der Waals surface area contributed by atoms with Crippen LogP contribution in [-0.2, 0) is 0 Å². The summed E-state index contributed by atoms with van der Waals surface area (Å²) in [5, 5.41) is 0. The molecule has 0 fully saturated rings. The fourth-order valence-electron chi connectivity index (χ4n) is 0.702. The molecule has 0 aliphatic heterocycles. The molecule has 0 atom stereocenters. The van der Waals surface area contributed by atoms with Crippen molar-refractivity contribution in [3.05, 3.63) is 0 Å². The molecule has 0 bridgehead atoms. The number of hydrogen-bond donors (Lipinski definition) is 0. The Morgan fingerprint density at radius 3 is 2.40 bits per heavy atom. The van der Waals surface area contributed by atoms with Gasteiger partial charge in [0.25, 0.3) is 0 Å². The minimum absolute atomic E-state index is 0.849. The second-order valence-electron chi connectivity index (χ2n) is 2.18. The summed E-state index contributed by atoms with van der Waals surface area (Å²) in [4.78, 5) is 0. The molecule has 0 heterocycles. The molecule has 0 saturated carbocycles. The van der Waals surface area contributed by atoms with Gasteiger partial charge in [-0.25, -0.2) is 0 Å². The zero-order chi connectivity index (χ0) is 7.82. The van der Waals surface area contributed by atoms with Gasteiger partial charge in [0.1, 0.15) is 6.42 Å². The van der Waals surface area contributed by atoms with Crippen LogP contribution < -0.4 is 0 Å². The maximum atomic E-state index is 5.49. The lowest BCUT2D eigenvalue weighted by Crippen LogP contribution is -1.78. The lowest BCUT2D eigenvalue weighted by atomic mass is 10.2. The van der Waals surface area contributed by atoms with E-state index < -0.39 is 6.42 Å². The highest BCUT2D eigenvalue weighted by Gasteiger charge is 1.85. The molecule has 0 saturated heterocycles. The summed E-state index contributed by atoms with van der Waals surface area (Å²) in [7, 11) is 0. The molecule has 0 spiro atoms. The van der Waals surface area contributed by atoms with Gasteiger partial charge >= 0.3 is 0 Å². The van der Waals surface area contributed by atoms with E-state index in [4.69, 9.17) is 22.5 Å². The SMILES string of the molecule is CCCCCCN=[PH](Cl)Cl. The molecule has 0 aliphatic carbocycles. The van der Waals surface area contributed by atoms with E-state index in [9.17, 15) is 0 Å². The molecular weight excluding hydrogens is 188 g/mol. The van der Waals surface area contributed by atoms with Crippen molar-refractivity contribution in [3.8, 4) is 0 Å². The van der Waals surface area contributed by atoms with Crippen LogP contribution in [0, 0.1) is 0 Å². The van der Waals surface area contributed by atoms with Crippen molar-refractivity contribution in [2.24, 2.45) is 4.74 Å². The Morgan fingerprint density at radius 2 is 1.90 bits per heavy atom. The van der Waals surface area contributed by atoms with Crippen molar-refractivity contribution >= 4 is 28.9 Å². The minimum Gasteiger partial charge on any atom is -0.276 e. The molecule has 1 nitrogen and oxygen atoms in total. The first kappa shape index (κ1) is 10.8. The van der Waals surface area contributed by atoms with Gasteiger partial charge in [0, 0.05) is 6.54 Å². The normalized spacial score (nSPS) is 10.4. The molecule has 0 aromatic carbocycles. The van der Waals surface area contributed by atoms with Crippen molar-refractivity contribution in [2.45, 2.75) is 32.6 Å². The van der Waals surface area contributed by atoms with E-state index in [0.29, 0.717) is 0 Å². The van der Waals surface area contributed by atoms with Crippen LogP contribution in [0.4, 0.5) is 0 Å². The summed E-state index contributed by atoms with van der Waals surface area (Å²) in [5.74, 6) is 0. The molecule has 10 heavy (non-hydrogen) atoms. The van der Waals surface area contributed by atoms with Crippen LogP contribution in [0.3, 0.4) is 0 Å². The Balaban J connectivity index is 2.98.